The number of nitrogens with one attached hydrogen (secondary N) is 1. The number of aliphatic hydroxyl groups is 1. The van der Waals surface area contributed by atoms with Crippen molar-refractivity contribution in [2.75, 3.05) is 13.2 Å². The van der Waals surface area contributed by atoms with E-state index >= 15 is 0 Å². The first-order valence-corrected chi connectivity index (χ1v) is 7.03. The molecule has 0 saturated heterocycles. The van der Waals surface area contributed by atoms with E-state index in [1.807, 2.05) is 6.07 Å². The van der Waals surface area contributed by atoms with Crippen LogP contribution in [0.15, 0.2) is 24.3 Å². The number of hydrogen-bond acceptors (Lipinski definition) is 4. The van der Waals surface area contributed by atoms with Gasteiger partial charge in [-0.25, -0.2) is 0 Å². The van der Waals surface area contributed by atoms with E-state index < -0.39 is 6.10 Å². The van der Waals surface area contributed by atoms with E-state index in [0.29, 0.717) is 17.9 Å². The highest BCUT2D eigenvalue weighted by Crippen LogP contribution is 2.16. The molecule has 1 aromatic rings. The van der Waals surface area contributed by atoms with Crippen LogP contribution in [0, 0.1) is 11.3 Å². The quantitative estimate of drug-likeness (QED) is 0.765. The van der Waals surface area contributed by atoms with Crippen molar-refractivity contribution >= 4 is 0 Å². The van der Waals surface area contributed by atoms with Gasteiger partial charge in [0.25, 0.3) is 0 Å². The van der Waals surface area contributed by atoms with E-state index in [2.05, 4.69) is 32.2 Å². The van der Waals surface area contributed by atoms with Gasteiger partial charge in [0, 0.05) is 12.1 Å². The lowest BCUT2D eigenvalue weighted by molar-refractivity contribution is 0.0979. The molecule has 0 bridgehead atoms. The Hall–Kier alpha value is -1.57. The molecule has 0 spiro atoms. The molecule has 110 valence electrons. The molecule has 1 unspecified atom stereocenters. The average Bonchev–Trinajstić information content (AvgIpc) is 2.43. The molecular formula is C16H24N2O2. The normalized spacial score (nSPS) is 12.8. The summed E-state index contributed by atoms with van der Waals surface area (Å²) in [5, 5.41) is 22.2. The van der Waals surface area contributed by atoms with Crippen molar-refractivity contribution in [3.63, 3.8) is 0 Å². The van der Waals surface area contributed by atoms with Crippen LogP contribution in [0.1, 0.15) is 39.2 Å². The molecule has 1 atom stereocenters. The molecule has 4 nitrogen and oxygen atoms in total. The Morgan fingerprint density at radius 1 is 1.40 bits per heavy atom. The van der Waals surface area contributed by atoms with Crippen LogP contribution >= 0.6 is 0 Å². The minimum absolute atomic E-state index is 0.0142. The van der Waals surface area contributed by atoms with E-state index in [4.69, 9.17) is 10.00 Å². The molecule has 2 N–H and O–H groups in total. The summed E-state index contributed by atoms with van der Waals surface area (Å²) in [6.07, 6.45) is 1.55. The second-order valence-corrected chi connectivity index (χ2v) is 5.59. The fraction of sp³-hybridized carbons (Fsp3) is 0.562. The van der Waals surface area contributed by atoms with Crippen LogP contribution in [0.3, 0.4) is 0 Å². The lowest BCUT2D eigenvalue weighted by Crippen LogP contribution is -2.44. The highest BCUT2D eigenvalue weighted by atomic mass is 16.5. The summed E-state index contributed by atoms with van der Waals surface area (Å²) >= 11 is 0. The first kappa shape index (κ1) is 16.5. The van der Waals surface area contributed by atoms with Crippen LogP contribution in [-0.4, -0.2) is 29.9 Å². The molecule has 0 radical (unpaired) electrons. The molecule has 4 heteroatoms. The van der Waals surface area contributed by atoms with Gasteiger partial charge in [-0.05, 0) is 32.4 Å². The highest BCUT2D eigenvalue weighted by Gasteiger charge is 2.17. The number of aliphatic hydroxyl groups excluding tert-OH is 1. The van der Waals surface area contributed by atoms with E-state index in [9.17, 15) is 5.11 Å². The van der Waals surface area contributed by atoms with E-state index in [-0.39, 0.29) is 12.1 Å². The molecule has 0 amide bonds. The molecule has 1 aromatic carbocycles. The summed E-state index contributed by atoms with van der Waals surface area (Å²) in [6, 6.07) is 9.10. The third-order valence-corrected chi connectivity index (χ3v) is 3.13. The molecule has 0 aromatic heterocycles. The Morgan fingerprint density at radius 2 is 2.10 bits per heavy atom. The fourth-order valence-corrected chi connectivity index (χ4v) is 2.04. The Bertz CT molecular complexity index is 452. The van der Waals surface area contributed by atoms with Crippen molar-refractivity contribution in [3.8, 4) is 11.8 Å². The molecule has 0 fully saturated rings. The average molecular weight is 276 g/mol. The lowest BCUT2D eigenvalue weighted by Gasteiger charge is -2.27. The molecule has 0 aliphatic heterocycles. The van der Waals surface area contributed by atoms with E-state index in [0.717, 1.165) is 12.8 Å². The molecule has 0 aliphatic rings. The van der Waals surface area contributed by atoms with Crippen molar-refractivity contribution in [1.82, 2.24) is 5.32 Å². The third-order valence-electron chi connectivity index (χ3n) is 3.13. The summed E-state index contributed by atoms with van der Waals surface area (Å²) < 4.78 is 5.50. The fourth-order valence-electron chi connectivity index (χ4n) is 2.04. The topological polar surface area (TPSA) is 65.3 Å². The third kappa shape index (κ3) is 5.60. The molecular weight excluding hydrogens is 252 g/mol. The Morgan fingerprint density at radius 3 is 2.75 bits per heavy atom. The van der Waals surface area contributed by atoms with Crippen LogP contribution in [0.4, 0.5) is 0 Å². The van der Waals surface area contributed by atoms with E-state index in [1.165, 1.54) is 0 Å². The SMILES string of the molecule is CCCC(C)(C)NCC(O)COc1ccccc1C#N. The van der Waals surface area contributed by atoms with Gasteiger partial charge in [-0.1, -0.05) is 25.5 Å². The second-order valence-electron chi connectivity index (χ2n) is 5.59. The maximum Gasteiger partial charge on any atom is 0.137 e. The van der Waals surface area contributed by atoms with E-state index in [1.54, 1.807) is 18.2 Å². The predicted octanol–water partition coefficient (Wildman–Crippen LogP) is 2.47. The maximum atomic E-state index is 9.94. The molecule has 20 heavy (non-hydrogen) atoms. The lowest BCUT2D eigenvalue weighted by atomic mass is 9.99. The molecule has 0 aliphatic carbocycles. The maximum absolute atomic E-state index is 9.94. The smallest absolute Gasteiger partial charge is 0.137 e. The number of rotatable bonds is 8. The Labute approximate surface area is 121 Å². The molecule has 0 saturated carbocycles. The zero-order valence-electron chi connectivity index (χ0n) is 12.5. The van der Waals surface area contributed by atoms with Crippen molar-refractivity contribution in [2.45, 2.75) is 45.3 Å². The van der Waals surface area contributed by atoms with Gasteiger partial charge >= 0.3 is 0 Å². The number of para-hydroxylation sites is 1. The first-order valence-electron chi connectivity index (χ1n) is 7.03. The summed E-state index contributed by atoms with van der Waals surface area (Å²) in [5.41, 5.74) is 0.499. The number of benzene rings is 1. The van der Waals surface area contributed by atoms with Crippen molar-refractivity contribution in [3.05, 3.63) is 29.8 Å². The van der Waals surface area contributed by atoms with Crippen LogP contribution in [0.25, 0.3) is 0 Å². The number of hydrogen-bond donors (Lipinski definition) is 2. The van der Waals surface area contributed by atoms with Crippen LogP contribution < -0.4 is 10.1 Å². The van der Waals surface area contributed by atoms with Gasteiger partial charge in [0.2, 0.25) is 0 Å². The summed E-state index contributed by atoms with van der Waals surface area (Å²) in [7, 11) is 0. The largest absolute Gasteiger partial charge is 0.489 e. The zero-order valence-corrected chi connectivity index (χ0v) is 12.5. The van der Waals surface area contributed by atoms with Gasteiger partial charge in [0.1, 0.15) is 24.5 Å². The van der Waals surface area contributed by atoms with Crippen molar-refractivity contribution in [1.29, 1.82) is 5.26 Å². The van der Waals surface area contributed by atoms with Crippen LogP contribution in [-0.2, 0) is 0 Å². The second kappa shape index (κ2) is 7.88. The minimum atomic E-state index is -0.599. The zero-order chi connectivity index (χ0) is 15.0. The van der Waals surface area contributed by atoms with Gasteiger partial charge in [-0.2, -0.15) is 5.26 Å². The van der Waals surface area contributed by atoms with Crippen LogP contribution in [0.5, 0.6) is 5.75 Å². The van der Waals surface area contributed by atoms with Crippen molar-refractivity contribution < 1.29 is 9.84 Å². The summed E-state index contributed by atoms with van der Waals surface area (Å²) in [5.74, 6) is 0.516. The van der Waals surface area contributed by atoms with Gasteiger partial charge in [0.15, 0.2) is 0 Å². The van der Waals surface area contributed by atoms with Gasteiger partial charge in [-0.15, -0.1) is 0 Å². The van der Waals surface area contributed by atoms with Gasteiger partial charge in [-0.3, -0.25) is 0 Å². The summed E-state index contributed by atoms with van der Waals surface area (Å²) in [4.78, 5) is 0. The van der Waals surface area contributed by atoms with Gasteiger partial charge in [0.05, 0.1) is 5.56 Å². The van der Waals surface area contributed by atoms with Crippen LogP contribution in [0.2, 0.25) is 0 Å². The highest BCUT2D eigenvalue weighted by molar-refractivity contribution is 5.42. The van der Waals surface area contributed by atoms with Crippen molar-refractivity contribution in [2.24, 2.45) is 0 Å². The first-order chi connectivity index (χ1) is 9.48. The monoisotopic (exact) mass is 276 g/mol. The number of β-amino-alcohol motifs (C(OH)–C–C–N with tert-alkyl or cyclic N) is 1. The summed E-state index contributed by atoms with van der Waals surface area (Å²) in [6.45, 7) is 7.03. The number of nitrogens with zero attached hydrogens (tertiary/aromatic N) is 1. The number of nitriles is 1. The predicted molar refractivity (Wildman–Crippen MR) is 79.6 cm³/mol. The standard InChI is InChI=1S/C16H24N2O2/c1-4-9-16(2,3)18-11-14(19)12-20-15-8-6-5-7-13(15)10-17/h5-8,14,18-19H,4,9,11-12H2,1-3H3. The van der Waals surface area contributed by atoms with Gasteiger partial charge < -0.3 is 15.2 Å². The Balaban J connectivity index is 2.40. The molecule has 0 heterocycles. The Kier molecular flexibility index (Phi) is 6.50. The molecule has 1 rings (SSSR count). The number of ether oxygens (including phenoxy) is 1. The minimum Gasteiger partial charge on any atom is -0.489 e.